The average Bonchev–Trinajstić information content (AvgIpc) is 2.91. The molecule has 0 saturated heterocycles. The first-order valence-electron chi connectivity index (χ1n) is 11.1. The normalized spacial score (nSPS) is 10.2. The maximum atomic E-state index is 10.9. The third-order valence-corrected chi connectivity index (χ3v) is 19.2. The molecule has 4 aromatic rings. The van der Waals surface area contributed by atoms with Gasteiger partial charge in [-0.05, 0) is 31.2 Å². The van der Waals surface area contributed by atoms with E-state index in [1.807, 2.05) is 30.4 Å². The number of rotatable bonds is 6. The molecule has 0 bridgehead atoms. The van der Waals surface area contributed by atoms with Crippen molar-refractivity contribution in [1.29, 1.82) is 5.26 Å². The molecule has 4 rings (SSSR count). The van der Waals surface area contributed by atoms with Crippen LogP contribution in [0, 0.1) is 11.5 Å². The van der Waals surface area contributed by atoms with E-state index in [9.17, 15) is 4.79 Å². The van der Waals surface area contributed by atoms with Gasteiger partial charge in [-0.3, -0.25) is 0 Å². The van der Waals surface area contributed by atoms with Crippen molar-refractivity contribution in [2.45, 2.75) is 6.92 Å². The summed E-state index contributed by atoms with van der Waals surface area (Å²) in [5, 5.41) is 12.6. The summed E-state index contributed by atoms with van der Waals surface area (Å²) in [7, 11) is 7.33. The molecule has 7 heteroatoms. The second kappa shape index (κ2) is 13.4. The van der Waals surface area contributed by atoms with Gasteiger partial charge in [0.1, 0.15) is 5.75 Å². The summed E-state index contributed by atoms with van der Waals surface area (Å²) in [6.07, 6.45) is 1.53. The molecule has 0 aliphatic heterocycles. The van der Waals surface area contributed by atoms with Crippen molar-refractivity contribution in [3.8, 4) is 11.9 Å². The number of ether oxygens (including phenoxy) is 1. The number of carbonyl (C=O) groups is 1. The fourth-order valence-electron chi connectivity index (χ4n) is 3.52. The van der Waals surface area contributed by atoms with Gasteiger partial charge in [-0.15, -0.1) is 0 Å². The Morgan fingerprint density at radius 2 is 1.23 bits per heavy atom. The van der Waals surface area contributed by atoms with E-state index < -0.39 is 23.3 Å². The van der Waals surface area contributed by atoms with Gasteiger partial charge in [0, 0.05) is 5.69 Å². The number of anilines is 1. The van der Waals surface area contributed by atoms with Crippen LogP contribution < -0.4 is 26.1 Å². The minimum atomic E-state index is -3.30. The average molecular weight is 591 g/mol. The van der Waals surface area contributed by atoms with Crippen LogP contribution in [0.4, 0.5) is 10.5 Å². The first-order chi connectivity index (χ1) is 17.1. The molecule has 0 aliphatic carbocycles. The number of nitriles is 1. The Morgan fingerprint density at radius 3 is 1.60 bits per heavy atom. The quantitative estimate of drug-likeness (QED) is 0.196. The Hall–Kier alpha value is -3.47. The number of amides is 2. The third-order valence-electron chi connectivity index (χ3n) is 5.11. The van der Waals surface area contributed by atoms with Gasteiger partial charge in [-0.2, -0.15) is 5.26 Å². The molecular formula is C28H26ClN3O2Sn. The first kappa shape index (κ1) is 26.1. The van der Waals surface area contributed by atoms with E-state index in [0.717, 1.165) is 5.75 Å². The van der Waals surface area contributed by atoms with Gasteiger partial charge in [0.05, 0.1) is 6.61 Å². The van der Waals surface area contributed by atoms with Crippen LogP contribution in [0.2, 0.25) is 0 Å². The first-order valence-corrected chi connectivity index (χ1v) is 19.0. The molecule has 0 radical (unpaired) electrons. The number of urea groups is 1. The van der Waals surface area contributed by atoms with Gasteiger partial charge in [-0.25, -0.2) is 10.1 Å². The van der Waals surface area contributed by atoms with Gasteiger partial charge in [0.15, 0.2) is 6.19 Å². The Bertz CT molecular complexity index is 1140. The van der Waals surface area contributed by atoms with Crippen molar-refractivity contribution < 1.29 is 9.53 Å². The number of hydrogen-bond acceptors (Lipinski definition) is 3. The van der Waals surface area contributed by atoms with Crippen LogP contribution in [0.15, 0.2) is 115 Å². The van der Waals surface area contributed by atoms with E-state index >= 15 is 0 Å². The molecule has 2 amide bonds. The summed E-state index contributed by atoms with van der Waals surface area (Å²) in [5.74, 6) is 0.740. The molecular weight excluding hydrogens is 564 g/mol. The SMILES string of the molecule is CCOc1ccc(NC(=O)NC#N)cc1.[Cl][Sn]([c]1ccccc1)([c]1ccccc1)[c]1ccccc1. The molecule has 0 aliphatic rings. The fourth-order valence-corrected chi connectivity index (χ4v) is 14.5. The van der Waals surface area contributed by atoms with E-state index in [1.165, 1.54) is 16.9 Å². The van der Waals surface area contributed by atoms with Crippen LogP contribution in [0.3, 0.4) is 0 Å². The molecule has 0 atom stereocenters. The molecule has 0 saturated carbocycles. The number of hydrogen-bond donors (Lipinski definition) is 2. The summed E-state index contributed by atoms with van der Waals surface area (Å²) in [4.78, 5) is 10.9. The Balaban J connectivity index is 0.000000205. The van der Waals surface area contributed by atoms with Crippen LogP contribution in [0.25, 0.3) is 0 Å². The van der Waals surface area contributed by atoms with Gasteiger partial charge in [0.25, 0.3) is 0 Å². The van der Waals surface area contributed by atoms with Crippen LogP contribution in [0.1, 0.15) is 6.92 Å². The summed E-state index contributed by atoms with van der Waals surface area (Å²) >= 11 is -3.30. The number of carbonyl (C=O) groups excluding carboxylic acids is 1. The van der Waals surface area contributed by atoms with Crippen molar-refractivity contribution in [1.82, 2.24) is 5.32 Å². The number of nitrogens with one attached hydrogen (secondary N) is 2. The third kappa shape index (κ3) is 7.25. The molecule has 2 N–H and O–H groups in total. The van der Waals surface area contributed by atoms with Crippen LogP contribution in [-0.2, 0) is 0 Å². The topological polar surface area (TPSA) is 74.2 Å². The second-order valence-corrected chi connectivity index (χ2v) is 19.9. The van der Waals surface area contributed by atoms with E-state index in [0.29, 0.717) is 12.3 Å². The summed E-state index contributed by atoms with van der Waals surface area (Å²) in [6.45, 7) is 2.49. The fraction of sp³-hybridized carbons (Fsp3) is 0.0714. The zero-order valence-electron chi connectivity index (χ0n) is 19.3. The van der Waals surface area contributed by atoms with Crippen molar-refractivity contribution in [2.75, 3.05) is 11.9 Å². The molecule has 176 valence electrons. The minimum absolute atomic E-state index is 0.554. The van der Waals surface area contributed by atoms with Gasteiger partial charge >= 0.3 is 134 Å². The Labute approximate surface area is 213 Å². The molecule has 5 nitrogen and oxygen atoms in total. The standard InChI is InChI=1S/C10H11N3O2.3C6H5.ClH.Sn/c1-2-15-9-5-3-8(4-6-9)13-10(14)12-7-11;3*1-2-4-6-5-3-1;;/h3-6H,2H2,1H3,(H2,12,13,14);3*1-5H;1H;/q;;;;;+1/p-1. The number of benzene rings is 4. The van der Waals surface area contributed by atoms with Crippen molar-refractivity contribution in [3.05, 3.63) is 115 Å². The summed E-state index contributed by atoms with van der Waals surface area (Å²) in [6, 6.07) is 37.9. The zero-order chi connectivity index (χ0) is 24.9. The summed E-state index contributed by atoms with van der Waals surface area (Å²) < 4.78 is 9.11. The van der Waals surface area contributed by atoms with Crippen molar-refractivity contribution in [3.63, 3.8) is 0 Å². The molecule has 0 unspecified atom stereocenters. The van der Waals surface area contributed by atoms with Crippen LogP contribution in [-0.4, -0.2) is 29.9 Å². The van der Waals surface area contributed by atoms with E-state index in [4.69, 9.17) is 18.9 Å². The van der Waals surface area contributed by atoms with Crippen molar-refractivity contribution >= 4 is 48.6 Å². The molecule has 0 aromatic heterocycles. The maximum absolute atomic E-state index is 10.9. The summed E-state index contributed by atoms with van der Waals surface area (Å²) in [5.41, 5.74) is 0.603. The molecule has 35 heavy (non-hydrogen) atoms. The van der Waals surface area contributed by atoms with Gasteiger partial charge in [0.2, 0.25) is 0 Å². The molecule has 4 aromatic carbocycles. The van der Waals surface area contributed by atoms with E-state index in [-0.39, 0.29) is 0 Å². The van der Waals surface area contributed by atoms with Crippen LogP contribution in [0.5, 0.6) is 5.75 Å². The van der Waals surface area contributed by atoms with Gasteiger partial charge < -0.3 is 10.1 Å². The molecule has 0 heterocycles. The van der Waals surface area contributed by atoms with E-state index in [2.05, 4.69) is 78.1 Å². The molecule has 0 fully saturated rings. The number of nitrogens with zero attached hydrogens (tertiary/aromatic N) is 1. The monoisotopic (exact) mass is 591 g/mol. The predicted molar refractivity (Wildman–Crippen MR) is 145 cm³/mol. The zero-order valence-corrected chi connectivity index (χ0v) is 22.9. The molecule has 0 spiro atoms. The number of halogens is 1. The Kier molecular flexibility index (Phi) is 10.0. The van der Waals surface area contributed by atoms with E-state index in [1.54, 1.807) is 24.3 Å². The second-order valence-electron chi connectivity index (χ2n) is 7.40. The Morgan fingerprint density at radius 1 is 0.800 bits per heavy atom. The predicted octanol–water partition coefficient (Wildman–Crippen LogP) is 4.58. The van der Waals surface area contributed by atoms with Gasteiger partial charge in [-0.1, -0.05) is 0 Å². The van der Waals surface area contributed by atoms with Crippen molar-refractivity contribution in [2.24, 2.45) is 0 Å². The van der Waals surface area contributed by atoms with Crippen LogP contribution >= 0.6 is 8.92 Å².